The van der Waals surface area contributed by atoms with Crippen molar-refractivity contribution in [3.63, 3.8) is 0 Å². The zero-order valence-corrected chi connectivity index (χ0v) is 21.4. The smallest absolute Gasteiger partial charge is 0.174 e. The Labute approximate surface area is 212 Å². The van der Waals surface area contributed by atoms with Gasteiger partial charge in [0.05, 0.1) is 6.54 Å². The van der Waals surface area contributed by atoms with E-state index < -0.39 is 0 Å². The molecule has 1 saturated carbocycles. The summed E-state index contributed by atoms with van der Waals surface area (Å²) in [7, 11) is 0. The molecule has 1 aliphatic carbocycles. The number of hydrogen-bond acceptors (Lipinski definition) is 1. The second-order valence-corrected chi connectivity index (χ2v) is 10.0. The van der Waals surface area contributed by atoms with Crippen LogP contribution in [0.4, 0.5) is 5.69 Å². The largest absolute Gasteiger partial charge is 0.345 e. The lowest BCUT2D eigenvalue weighted by atomic mass is 10.1. The lowest BCUT2D eigenvalue weighted by Crippen LogP contribution is -2.42. The van der Waals surface area contributed by atoms with Crippen molar-refractivity contribution in [1.29, 1.82) is 0 Å². The van der Waals surface area contributed by atoms with Crippen molar-refractivity contribution in [3.8, 4) is 0 Å². The van der Waals surface area contributed by atoms with E-state index in [0.29, 0.717) is 6.04 Å². The van der Waals surface area contributed by atoms with Crippen LogP contribution < -0.4 is 5.32 Å². The van der Waals surface area contributed by atoms with E-state index >= 15 is 0 Å². The summed E-state index contributed by atoms with van der Waals surface area (Å²) in [6, 6.07) is 18.7. The Morgan fingerprint density at radius 1 is 0.970 bits per heavy atom. The average Bonchev–Trinajstić information content (AvgIpc) is 3.06. The first-order chi connectivity index (χ1) is 16.0. The Kier molecular flexibility index (Phi) is 8.34. The summed E-state index contributed by atoms with van der Waals surface area (Å²) in [5.74, 6) is 0. The van der Waals surface area contributed by atoms with E-state index in [-0.39, 0.29) is 0 Å². The SMILES string of the molecule is Cc1c(Cl)cccc1NC(=S)N(Cc1cccn1Cc1ccccc1Cl)C1CCCCCC1. The molecule has 0 atom stereocenters. The van der Waals surface area contributed by atoms with Gasteiger partial charge in [-0.15, -0.1) is 0 Å². The molecule has 1 aromatic heterocycles. The lowest BCUT2D eigenvalue weighted by Gasteiger charge is -2.34. The standard InChI is InChI=1S/C27H31Cl2N3S/c1-20-24(28)15-8-16-26(20)30-27(33)32(22-11-4-2-3-5-12-22)19-23-13-9-17-31(23)18-21-10-6-7-14-25(21)29/h6-10,13-17,22H,2-5,11-12,18-19H2,1H3,(H,30,33). The Hall–Kier alpha value is -2.01. The maximum Gasteiger partial charge on any atom is 0.174 e. The molecule has 2 aromatic carbocycles. The zero-order chi connectivity index (χ0) is 23.2. The molecule has 0 bridgehead atoms. The number of aromatic nitrogens is 1. The highest BCUT2D eigenvalue weighted by molar-refractivity contribution is 7.80. The molecule has 4 rings (SSSR count). The van der Waals surface area contributed by atoms with Gasteiger partial charge in [0.1, 0.15) is 0 Å². The van der Waals surface area contributed by atoms with Crippen LogP contribution in [0.1, 0.15) is 55.3 Å². The lowest BCUT2D eigenvalue weighted by molar-refractivity contribution is 0.274. The van der Waals surface area contributed by atoms with Crippen molar-refractivity contribution >= 4 is 46.2 Å². The maximum absolute atomic E-state index is 6.44. The Morgan fingerprint density at radius 3 is 2.45 bits per heavy atom. The van der Waals surface area contributed by atoms with Crippen LogP contribution in [0, 0.1) is 6.92 Å². The topological polar surface area (TPSA) is 20.2 Å². The van der Waals surface area contributed by atoms with Gasteiger partial charge in [0.15, 0.2) is 5.11 Å². The minimum absolute atomic E-state index is 0.427. The molecule has 0 aliphatic heterocycles. The van der Waals surface area contributed by atoms with Gasteiger partial charge >= 0.3 is 0 Å². The van der Waals surface area contributed by atoms with E-state index in [0.717, 1.165) is 45.1 Å². The Bertz CT molecular complexity index is 1090. The first-order valence-corrected chi connectivity index (χ1v) is 12.9. The molecule has 33 heavy (non-hydrogen) atoms. The third-order valence-electron chi connectivity index (χ3n) is 6.59. The van der Waals surface area contributed by atoms with Gasteiger partial charge < -0.3 is 14.8 Å². The number of anilines is 1. The molecule has 0 amide bonds. The molecule has 1 aliphatic rings. The maximum atomic E-state index is 6.44. The zero-order valence-electron chi connectivity index (χ0n) is 19.1. The fourth-order valence-electron chi connectivity index (χ4n) is 4.60. The summed E-state index contributed by atoms with van der Waals surface area (Å²) in [5.41, 5.74) is 4.33. The second kappa shape index (κ2) is 11.4. The number of thiocarbonyl (C=S) groups is 1. The number of benzene rings is 2. The van der Waals surface area contributed by atoms with Gasteiger partial charge in [-0.3, -0.25) is 0 Å². The van der Waals surface area contributed by atoms with E-state index in [4.69, 9.17) is 35.4 Å². The van der Waals surface area contributed by atoms with Crippen LogP contribution in [-0.4, -0.2) is 20.6 Å². The van der Waals surface area contributed by atoms with E-state index in [1.807, 2.05) is 43.3 Å². The number of halogens is 2. The van der Waals surface area contributed by atoms with E-state index in [9.17, 15) is 0 Å². The van der Waals surface area contributed by atoms with E-state index in [1.165, 1.54) is 44.2 Å². The fourth-order valence-corrected chi connectivity index (χ4v) is 5.29. The summed E-state index contributed by atoms with van der Waals surface area (Å²) in [6.07, 6.45) is 9.58. The van der Waals surface area contributed by atoms with E-state index in [1.54, 1.807) is 0 Å². The van der Waals surface area contributed by atoms with Gasteiger partial charge in [0.25, 0.3) is 0 Å². The molecule has 0 spiro atoms. The Balaban J connectivity index is 1.58. The molecule has 0 unspecified atom stereocenters. The summed E-state index contributed by atoms with van der Waals surface area (Å²) >= 11 is 18.8. The number of nitrogens with zero attached hydrogens (tertiary/aromatic N) is 2. The molecule has 1 fully saturated rings. The van der Waals surface area contributed by atoms with Crippen molar-refractivity contribution in [3.05, 3.63) is 87.7 Å². The monoisotopic (exact) mass is 499 g/mol. The quantitative estimate of drug-likeness (QED) is 0.273. The molecule has 0 radical (unpaired) electrons. The molecule has 6 heteroatoms. The number of hydrogen-bond donors (Lipinski definition) is 1. The summed E-state index contributed by atoms with van der Waals surface area (Å²) in [5, 5.41) is 5.81. The molecular formula is C27H31Cl2N3S. The van der Waals surface area contributed by atoms with Crippen molar-refractivity contribution in [2.45, 2.75) is 64.6 Å². The van der Waals surface area contributed by atoms with Crippen molar-refractivity contribution in [2.24, 2.45) is 0 Å². The summed E-state index contributed by atoms with van der Waals surface area (Å²) < 4.78 is 2.28. The molecule has 3 nitrogen and oxygen atoms in total. The normalized spacial score (nSPS) is 14.6. The summed E-state index contributed by atoms with van der Waals surface area (Å²) in [6.45, 7) is 3.53. The third-order valence-corrected chi connectivity index (χ3v) is 7.70. The minimum Gasteiger partial charge on any atom is -0.345 e. The van der Waals surface area contributed by atoms with E-state index in [2.05, 4.69) is 39.2 Å². The highest BCUT2D eigenvalue weighted by Gasteiger charge is 2.24. The van der Waals surface area contributed by atoms with Gasteiger partial charge in [-0.1, -0.05) is 73.2 Å². The van der Waals surface area contributed by atoms with Gasteiger partial charge in [-0.2, -0.15) is 0 Å². The molecule has 174 valence electrons. The van der Waals surface area contributed by atoms with Crippen molar-refractivity contribution in [1.82, 2.24) is 9.47 Å². The van der Waals surface area contributed by atoms with Crippen LogP contribution in [0.5, 0.6) is 0 Å². The van der Waals surface area contributed by atoms with Crippen molar-refractivity contribution in [2.75, 3.05) is 5.32 Å². The van der Waals surface area contributed by atoms with Gasteiger partial charge in [-0.05, 0) is 73.4 Å². The highest BCUT2D eigenvalue weighted by Crippen LogP contribution is 2.27. The third kappa shape index (κ3) is 6.11. The fraction of sp³-hybridized carbons (Fsp3) is 0.370. The molecule has 3 aromatic rings. The average molecular weight is 501 g/mol. The van der Waals surface area contributed by atoms with Gasteiger partial charge in [-0.25, -0.2) is 0 Å². The van der Waals surface area contributed by atoms with Crippen LogP contribution in [0.15, 0.2) is 60.8 Å². The minimum atomic E-state index is 0.427. The highest BCUT2D eigenvalue weighted by atomic mass is 35.5. The summed E-state index contributed by atoms with van der Waals surface area (Å²) in [4.78, 5) is 2.39. The predicted molar refractivity (Wildman–Crippen MR) is 144 cm³/mol. The first-order valence-electron chi connectivity index (χ1n) is 11.7. The molecule has 0 saturated heterocycles. The molecule has 1 heterocycles. The number of rotatable bonds is 6. The van der Waals surface area contributed by atoms with Gasteiger partial charge in [0, 0.05) is 40.2 Å². The molecular weight excluding hydrogens is 469 g/mol. The van der Waals surface area contributed by atoms with Crippen molar-refractivity contribution < 1.29 is 0 Å². The van der Waals surface area contributed by atoms with Crippen LogP contribution in [0.3, 0.4) is 0 Å². The molecule has 1 N–H and O–H groups in total. The van der Waals surface area contributed by atoms with Crippen LogP contribution in [0.2, 0.25) is 10.0 Å². The predicted octanol–water partition coefficient (Wildman–Crippen LogP) is 8.07. The van der Waals surface area contributed by atoms with Crippen LogP contribution >= 0.6 is 35.4 Å². The van der Waals surface area contributed by atoms with Crippen LogP contribution in [-0.2, 0) is 13.1 Å². The van der Waals surface area contributed by atoms with Gasteiger partial charge in [0.2, 0.25) is 0 Å². The number of nitrogens with one attached hydrogen (secondary N) is 1. The Morgan fingerprint density at radius 2 is 1.70 bits per heavy atom. The second-order valence-electron chi connectivity index (χ2n) is 8.83. The van der Waals surface area contributed by atoms with Crippen LogP contribution in [0.25, 0.3) is 0 Å². The first kappa shape index (κ1) is 24.1.